The van der Waals surface area contributed by atoms with E-state index in [1.165, 1.54) is 6.20 Å². The number of carbonyl (C=O) groups is 1. The van der Waals surface area contributed by atoms with E-state index in [0.29, 0.717) is 13.2 Å². The Balaban J connectivity index is 1.86. The van der Waals surface area contributed by atoms with Crippen molar-refractivity contribution in [3.8, 4) is 6.07 Å². The molecule has 28 heavy (non-hydrogen) atoms. The van der Waals surface area contributed by atoms with Gasteiger partial charge in [-0.05, 0) is 25.1 Å². The number of morpholine rings is 2. The largest absolute Gasteiger partial charge is 0.462 e. The molecule has 8 nitrogen and oxygen atoms in total. The fraction of sp³-hybridized carbons (Fsp3) is 0.500. The lowest BCUT2D eigenvalue weighted by atomic mass is 10.1. The van der Waals surface area contributed by atoms with E-state index in [1.54, 1.807) is 6.92 Å². The van der Waals surface area contributed by atoms with Gasteiger partial charge in [-0.3, -0.25) is 0 Å². The lowest BCUT2D eigenvalue weighted by Crippen LogP contribution is -2.38. The van der Waals surface area contributed by atoms with E-state index in [1.807, 2.05) is 18.2 Å². The maximum absolute atomic E-state index is 11.8. The van der Waals surface area contributed by atoms with Gasteiger partial charge < -0.3 is 29.3 Å². The molecule has 0 aromatic heterocycles. The summed E-state index contributed by atoms with van der Waals surface area (Å²) < 4.78 is 15.8. The first-order valence-corrected chi connectivity index (χ1v) is 9.56. The van der Waals surface area contributed by atoms with Crippen molar-refractivity contribution in [1.82, 2.24) is 0 Å². The number of hydrogen-bond donors (Lipinski definition) is 1. The average Bonchev–Trinajstić information content (AvgIpc) is 2.75. The summed E-state index contributed by atoms with van der Waals surface area (Å²) in [6.07, 6.45) is 1.41. The van der Waals surface area contributed by atoms with Crippen LogP contribution in [-0.2, 0) is 19.0 Å². The summed E-state index contributed by atoms with van der Waals surface area (Å²) >= 11 is 0. The number of rotatable bonds is 6. The van der Waals surface area contributed by atoms with Crippen LogP contribution in [0.4, 0.5) is 17.1 Å². The molecule has 0 bridgehead atoms. The molecule has 0 aliphatic carbocycles. The van der Waals surface area contributed by atoms with Crippen LogP contribution < -0.4 is 15.1 Å². The van der Waals surface area contributed by atoms with Gasteiger partial charge in [0, 0.05) is 38.1 Å². The lowest BCUT2D eigenvalue weighted by Gasteiger charge is -2.33. The number of ether oxygens (including phenoxy) is 3. The highest BCUT2D eigenvalue weighted by atomic mass is 16.5. The molecular formula is C20H26N4O4. The minimum Gasteiger partial charge on any atom is -0.462 e. The van der Waals surface area contributed by atoms with Gasteiger partial charge in [0.2, 0.25) is 0 Å². The zero-order valence-corrected chi connectivity index (χ0v) is 16.1. The smallest absolute Gasteiger partial charge is 0.350 e. The quantitative estimate of drug-likeness (QED) is 0.449. The van der Waals surface area contributed by atoms with E-state index < -0.39 is 5.97 Å². The van der Waals surface area contributed by atoms with E-state index in [4.69, 9.17) is 14.2 Å². The van der Waals surface area contributed by atoms with Crippen LogP contribution in [-0.4, -0.2) is 65.2 Å². The molecule has 2 aliphatic heterocycles. The van der Waals surface area contributed by atoms with Crippen molar-refractivity contribution in [1.29, 1.82) is 5.26 Å². The molecule has 150 valence electrons. The Labute approximate surface area is 165 Å². The number of esters is 1. The Morgan fingerprint density at radius 3 is 2.43 bits per heavy atom. The van der Waals surface area contributed by atoms with Gasteiger partial charge >= 0.3 is 5.97 Å². The predicted octanol–water partition coefficient (Wildman–Crippen LogP) is 1.74. The Morgan fingerprint density at radius 1 is 1.18 bits per heavy atom. The SMILES string of the molecule is CCOC(=O)/C(C#N)=C/Nc1ccc(N2CCOCC2)cc1N1CCOCC1. The summed E-state index contributed by atoms with van der Waals surface area (Å²) in [4.78, 5) is 16.4. The van der Waals surface area contributed by atoms with Gasteiger partial charge in [0.25, 0.3) is 0 Å². The number of benzene rings is 1. The standard InChI is InChI=1S/C20H26N4O4/c1-2-28-20(25)16(14-21)15-22-18-4-3-17(23-5-9-26-10-6-23)13-19(18)24-7-11-27-12-8-24/h3-4,13,15,22H,2,5-12H2,1H3/b16-15+. The molecule has 0 saturated carbocycles. The van der Waals surface area contributed by atoms with Crippen LogP contribution in [0.2, 0.25) is 0 Å². The van der Waals surface area contributed by atoms with E-state index in [9.17, 15) is 10.1 Å². The molecule has 0 atom stereocenters. The zero-order chi connectivity index (χ0) is 19.8. The fourth-order valence-corrected chi connectivity index (χ4v) is 3.22. The molecule has 2 fully saturated rings. The van der Waals surface area contributed by atoms with Crippen LogP contribution in [0, 0.1) is 11.3 Å². The van der Waals surface area contributed by atoms with Gasteiger partial charge in [0.05, 0.1) is 44.4 Å². The number of hydrogen-bond acceptors (Lipinski definition) is 8. The number of nitriles is 1. The molecule has 0 unspecified atom stereocenters. The monoisotopic (exact) mass is 386 g/mol. The summed E-state index contributed by atoms with van der Waals surface area (Å²) in [5, 5.41) is 12.3. The van der Waals surface area contributed by atoms with Gasteiger partial charge in [-0.15, -0.1) is 0 Å². The highest BCUT2D eigenvalue weighted by molar-refractivity contribution is 5.93. The summed E-state index contributed by atoms with van der Waals surface area (Å²) in [5.41, 5.74) is 2.91. The zero-order valence-electron chi connectivity index (χ0n) is 16.1. The third kappa shape index (κ3) is 4.94. The third-order valence-electron chi connectivity index (χ3n) is 4.70. The van der Waals surface area contributed by atoms with Crippen LogP contribution >= 0.6 is 0 Å². The normalized spacial score (nSPS) is 17.8. The molecule has 0 amide bonds. The summed E-state index contributed by atoms with van der Waals surface area (Å²) in [5.74, 6) is -0.629. The van der Waals surface area contributed by atoms with E-state index in [0.717, 1.165) is 56.5 Å². The molecule has 1 N–H and O–H groups in total. The Bertz CT molecular complexity index is 747. The highest BCUT2D eigenvalue weighted by Gasteiger charge is 2.19. The Kier molecular flexibility index (Phi) is 7.12. The van der Waals surface area contributed by atoms with Crippen molar-refractivity contribution in [2.75, 3.05) is 74.3 Å². The number of nitrogens with zero attached hydrogens (tertiary/aromatic N) is 3. The second kappa shape index (κ2) is 9.97. The Hall–Kier alpha value is -2.76. The van der Waals surface area contributed by atoms with E-state index in [2.05, 4.69) is 21.2 Å². The second-order valence-electron chi connectivity index (χ2n) is 6.43. The van der Waals surface area contributed by atoms with Crippen LogP contribution in [0.1, 0.15) is 6.92 Å². The Morgan fingerprint density at radius 2 is 1.82 bits per heavy atom. The van der Waals surface area contributed by atoms with Gasteiger partial charge in [-0.2, -0.15) is 5.26 Å². The first-order valence-electron chi connectivity index (χ1n) is 9.56. The van der Waals surface area contributed by atoms with Crippen molar-refractivity contribution in [3.63, 3.8) is 0 Å². The number of nitrogens with one attached hydrogen (secondary N) is 1. The molecule has 1 aromatic carbocycles. The minimum atomic E-state index is -0.629. The van der Waals surface area contributed by atoms with Crippen molar-refractivity contribution < 1.29 is 19.0 Å². The number of carbonyl (C=O) groups excluding carboxylic acids is 1. The molecular weight excluding hydrogens is 360 g/mol. The van der Waals surface area contributed by atoms with Crippen LogP contribution in [0.3, 0.4) is 0 Å². The van der Waals surface area contributed by atoms with Gasteiger partial charge in [-0.25, -0.2) is 4.79 Å². The first-order chi connectivity index (χ1) is 13.7. The fourth-order valence-electron chi connectivity index (χ4n) is 3.22. The molecule has 2 aliphatic rings. The van der Waals surface area contributed by atoms with Gasteiger partial charge in [0.1, 0.15) is 6.07 Å². The van der Waals surface area contributed by atoms with Crippen molar-refractivity contribution in [2.45, 2.75) is 6.92 Å². The summed E-state index contributed by atoms with van der Waals surface area (Å²) in [6, 6.07) is 8.05. The molecule has 0 spiro atoms. The molecule has 2 saturated heterocycles. The van der Waals surface area contributed by atoms with E-state index in [-0.39, 0.29) is 12.2 Å². The van der Waals surface area contributed by atoms with Crippen molar-refractivity contribution >= 4 is 23.0 Å². The minimum absolute atomic E-state index is 0.0629. The highest BCUT2D eigenvalue weighted by Crippen LogP contribution is 2.32. The third-order valence-corrected chi connectivity index (χ3v) is 4.70. The van der Waals surface area contributed by atoms with Gasteiger partial charge in [0.15, 0.2) is 5.57 Å². The second-order valence-corrected chi connectivity index (χ2v) is 6.43. The molecule has 0 radical (unpaired) electrons. The van der Waals surface area contributed by atoms with Crippen molar-refractivity contribution in [3.05, 3.63) is 30.0 Å². The van der Waals surface area contributed by atoms with Crippen LogP contribution in [0.25, 0.3) is 0 Å². The topological polar surface area (TPSA) is 87.1 Å². The predicted molar refractivity (Wildman–Crippen MR) is 106 cm³/mol. The molecule has 1 aromatic rings. The maximum Gasteiger partial charge on any atom is 0.350 e. The average molecular weight is 386 g/mol. The van der Waals surface area contributed by atoms with Crippen molar-refractivity contribution in [2.24, 2.45) is 0 Å². The first kappa shape index (κ1) is 20.0. The maximum atomic E-state index is 11.8. The summed E-state index contributed by atoms with van der Waals surface area (Å²) in [6.45, 7) is 8.01. The van der Waals surface area contributed by atoms with E-state index >= 15 is 0 Å². The van der Waals surface area contributed by atoms with Gasteiger partial charge in [-0.1, -0.05) is 0 Å². The van der Waals surface area contributed by atoms with Crippen LogP contribution in [0.5, 0.6) is 0 Å². The molecule has 3 rings (SSSR count). The lowest BCUT2D eigenvalue weighted by molar-refractivity contribution is -0.138. The van der Waals surface area contributed by atoms with Crippen LogP contribution in [0.15, 0.2) is 30.0 Å². The molecule has 8 heteroatoms. The molecule has 2 heterocycles. The number of anilines is 3. The summed E-state index contributed by atoms with van der Waals surface area (Å²) in [7, 11) is 0.